The maximum Gasteiger partial charge on any atom is 0.293 e. The Labute approximate surface area is 179 Å². The first-order valence-electron chi connectivity index (χ1n) is 9.07. The number of hydrazone groups is 1. The molecule has 14 heteroatoms. The van der Waals surface area contributed by atoms with E-state index in [1.54, 1.807) is 36.4 Å². The van der Waals surface area contributed by atoms with Crippen LogP contribution in [0.2, 0.25) is 0 Å². The number of furan rings is 1. The summed E-state index contributed by atoms with van der Waals surface area (Å²) >= 11 is 0. The first kappa shape index (κ1) is 20.3. The van der Waals surface area contributed by atoms with Gasteiger partial charge in [-0.1, -0.05) is 17.3 Å². The molecule has 0 atom stereocenters. The predicted octanol–water partition coefficient (Wildman–Crippen LogP) is 0.300. The first-order chi connectivity index (χ1) is 15.5. The van der Waals surface area contributed by atoms with Crippen molar-refractivity contribution in [1.29, 1.82) is 0 Å². The molecule has 1 aromatic carbocycles. The molecule has 0 unspecified atom stereocenters. The number of carbonyl (C=O) groups is 2. The van der Waals surface area contributed by atoms with E-state index in [4.69, 9.17) is 15.9 Å². The number of nitrogen functional groups attached to an aromatic ring is 1. The maximum atomic E-state index is 12.7. The van der Waals surface area contributed by atoms with Crippen molar-refractivity contribution in [2.75, 3.05) is 11.1 Å². The van der Waals surface area contributed by atoms with Crippen molar-refractivity contribution >= 4 is 29.5 Å². The lowest BCUT2D eigenvalue weighted by Crippen LogP contribution is -2.22. The number of nitrogens with two attached hydrogens (primary N) is 2. The molecule has 0 radical (unpaired) electrons. The van der Waals surface area contributed by atoms with Gasteiger partial charge in [0.25, 0.3) is 11.8 Å². The van der Waals surface area contributed by atoms with E-state index >= 15 is 0 Å². The van der Waals surface area contributed by atoms with E-state index in [0.717, 1.165) is 0 Å². The number of amides is 2. The second-order valence-corrected chi connectivity index (χ2v) is 6.25. The fraction of sp³-hybridized carbons (Fsp3) is 0.0556. The molecule has 0 aliphatic rings. The van der Waals surface area contributed by atoms with Gasteiger partial charge in [0, 0.05) is 5.69 Å². The van der Waals surface area contributed by atoms with Crippen LogP contribution in [-0.4, -0.2) is 43.3 Å². The molecule has 0 saturated carbocycles. The minimum Gasteiger partial charge on any atom is -0.463 e. The lowest BCUT2D eigenvalue weighted by Gasteiger charge is -2.11. The highest BCUT2D eigenvalue weighted by Crippen LogP contribution is 2.19. The molecule has 32 heavy (non-hydrogen) atoms. The quantitative estimate of drug-likeness (QED) is 0.219. The Morgan fingerprint density at radius 1 is 1.19 bits per heavy atom. The van der Waals surface area contributed by atoms with E-state index in [9.17, 15) is 9.59 Å². The van der Waals surface area contributed by atoms with Crippen molar-refractivity contribution in [2.45, 2.75) is 6.54 Å². The number of hydrogen-bond acceptors (Lipinski definition) is 11. The number of benzene rings is 1. The van der Waals surface area contributed by atoms with Crippen molar-refractivity contribution in [2.24, 2.45) is 10.8 Å². The predicted molar refractivity (Wildman–Crippen MR) is 110 cm³/mol. The minimum absolute atomic E-state index is 0.00571. The third-order valence-corrected chi connectivity index (χ3v) is 4.21. The van der Waals surface area contributed by atoms with E-state index in [1.807, 2.05) is 0 Å². The van der Waals surface area contributed by atoms with Gasteiger partial charge in [0.1, 0.15) is 5.76 Å². The molecule has 0 bridgehead atoms. The van der Waals surface area contributed by atoms with Crippen LogP contribution < -0.4 is 22.2 Å². The Kier molecular flexibility index (Phi) is 5.56. The second-order valence-electron chi connectivity index (χ2n) is 6.25. The lowest BCUT2D eigenvalue weighted by molar-refractivity contribution is 0.0947. The average molecular weight is 436 g/mol. The normalized spacial score (nSPS) is 11.0. The van der Waals surface area contributed by atoms with Gasteiger partial charge < -0.3 is 21.2 Å². The maximum absolute atomic E-state index is 12.7. The van der Waals surface area contributed by atoms with Crippen LogP contribution >= 0.6 is 0 Å². The standard InChI is InChI=1S/C18H16N10O4/c19-15-17(26-32-25-15)28-13(9-21-12-6-2-1-5-11(12)16(20)29)14(23-27-28)18(30)24-22-8-10-4-3-7-31-10/h1-8,21H,9H2,(H2,19,25)(H2,20,29)(H,24,30). The zero-order valence-corrected chi connectivity index (χ0v) is 16.3. The Morgan fingerprint density at radius 3 is 2.75 bits per heavy atom. The van der Waals surface area contributed by atoms with E-state index in [2.05, 4.69) is 41.1 Å². The van der Waals surface area contributed by atoms with Crippen molar-refractivity contribution < 1.29 is 18.6 Å². The highest BCUT2D eigenvalue weighted by molar-refractivity contribution is 5.98. The zero-order chi connectivity index (χ0) is 22.5. The Bertz CT molecular complexity index is 1270. The fourth-order valence-corrected chi connectivity index (χ4v) is 2.75. The number of rotatable bonds is 8. The Hall–Kier alpha value is -5.01. The van der Waals surface area contributed by atoms with E-state index in [-0.39, 0.29) is 35.1 Å². The summed E-state index contributed by atoms with van der Waals surface area (Å²) in [5.74, 6) is -0.851. The van der Waals surface area contributed by atoms with Crippen LogP contribution in [0.25, 0.3) is 5.82 Å². The summed E-state index contributed by atoms with van der Waals surface area (Å²) in [7, 11) is 0. The van der Waals surface area contributed by atoms with E-state index in [1.165, 1.54) is 17.2 Å². The van der Waals surface area contributed by atoms with Gasteiger partial charge in [-0.05, 0) is 34.6 Å². The summed E-state index contributed by atoms with van der Waals surface area (Å²) in [5, 5.41) is 21.9. The van der Waals surface area contributed by atoms with Gasteiger partial charge in [-0.2, -0.15) is 9.78 Å². The van der Waals surface area contributed by atoms with Gasteiger partial charge in [0.2, 0.25) is 11.6 Å². The molecular weight excluding hydrogens is 420 g/mol. The van der Waals surface area contributed by atoms with Crippen LogP contribution in [0, 0.1) is 0 Å². The van der Waals surface area contributed by atoms with Crippen LogP contribution in [0.3, 0.4) is 0 Å². The number of primary amides is 1. The highest BCUT2D eigenvalue weighted by Gasteiger charge is 2.24. The van der Waals surface area contributed by atoms with Crippen LogP contribution in [-0.2, 0) is 6.54 Å². The van der Waals surface area contributed by atoms with Crippen molar-refractivity contribution in [1.82, 2.24) is 30.7 Å². The van der Waals surface area contributed by atoms with Crippen molar-refractivity contribution in [3.8, 4) is 5.82 Å². The number of nitrogens with one attached hydrogen (secondary N) is 2. The Morgan fingerprint density at radius 2 is 2.03 bits per heavy atom. The summed E-state index contributed by atoms with van der Waals surface area (Å²) in [6.07, 6.45) is 2.79. The largest absolute Gasteiger partial charge is 0.463 e. The summed E-state index contributed by atoms with van der Waals surface area (Å²) < 4.78 is 10.9. The van der Waals surface area contributed by atoms with Gasteiger partial charge in [-0.3, -0.25) is 9.59 Å². The average Bonchev–Trinajstić information content (AvgIpc) is 3.53. The number of para-hydroxylation sites is 1. The van der Waals surface area contributed by atoms with E-state index < -0.39 is 11.8 Å². The van der Waals surface area contributed by atoms with E-state index in [0.29, 0.717) is 11.4 Å². The van der Waals surface area contributed by atoms with Crippen LogP contribution in [0.1, 0.15) is 32.3 Å². The SMILES string of the molecule is NC(=O)c1ccccc1NCc1c(C(=O)NN=Cc2ccco2)nnn1-c1nonc1N. The molecule has 3 aromatic heterocycles. The second kappa shape index (κ2) is 8.78. The van der Waals surface area contributed by atoms with Crippen LogP contribution in [0.5, 0.6) is 0 Å². The molecule has 3 heterocycles. The smallest absolute Gasteiger partial charge is 0.293 e. The molecule has 0 aliphatic heterocycles. The molecule has 2 amide bonds. The summed E-state index contributed by atoms with van der Waals surface area (Å²) in [4.78, 5) is 24.4. The van der Waals surface area contributed by atoms with Crippen molar-refractivity contribution in [3.63, 3.8) is 0 Å². The summed E-state index contributed by atoms with van der Waals surface area (Å²) in [5.41, 5.74) is 14.4. The molecule has 4 rings (SSSR count). The highest BCUT2D eigenvalue weighted by atomic mass is 16.6. The van der Waals surface area contributed by atoms with Gasteiger partial charge >= 0.3 is 0 Å². The lowest BCUT2D eigenvalue weighted by atomic mass is 10.1. The molecule has 162 valence electrons. The summed E-state index contributed by atoms with van der Waals surface area (Å²) in [6, 6.07) is 9.97. The molecule has 0 spiro atoms. The van der Waals surface area contributed by atoms with Crippen LogP contribution in [0.4, 0.5) is 11.5 Å². The number of anilines is 2. The third kappa shape index (κ3) is 4.13. The number of hydrogen-bond donors (Lipinski definition) is 4. The third-order valence-electron chi connectivity index (χ3n) is 4.21. The van der Waals surface area contributed by atoms with Gasteiger partial charge in [-0.15, -0.1) is 5.10 Å². The van der Waals surface area contributed by atoms with Crippen LogP contribution in [0.15, 0.2) is 56.8 Å². The Balaban J connectivity index is 1.63. The minimum atomic E-state index is -0.658. The fourth-order valence-electron chi connectivity index (χ4n) is 2.75. The van der Waals surface area contributed by atoms with Gasteiger partial charge in [-0.25, -0.2) is 10.1 Å². The molecule has 0 fully saturated rings. The van der Waals surface area contributed by atoms with Crippen molar-refractivity contribution in [3.05, 3.63) is 65.4 Å². The first-order valence-corrected chi connectivity index (χ1v) is 9.07. The zero-order valence-electron chi connectivity index (χ0n) is 16.3. The number of aromatic nitrogens is 5. The molecule has 0 saturated heterocycles. The molecule has 0 aliphatic carbocycles. The monoisotopic (exact) mass is 436 g/mol. The van der Waals surface area contributed by atoms with Gasteiger partial charge in [0.15, 0.2) is 5.69 Å². The molecule has 4 aromatic rings. The van der Waals surface area contributed by atoms with Gasteiger partial charge in [0.05, 0.1) is 30.3 Å². The number of carbonyl (C=O) groups excluding carboxylic acids is 2. The topological polar surface area (TPSA) is 205 Å². The number of nitrogens with zero attached hydrogens (tertiary/aromatic N) is 6. The summed E-state index contributed by atoms with van der Waals surface area (Å²) in [6.45, 7) is -0.00571. The molecular formula is C18H16N10O4. The molecule has 14 nitrogen and oxygen atoms in total. The molecule has 6 N–H and O–H groups in total.